The van der Waals surface area contributed by atoms with Gasteiger partial charge in [-0.3, -0.25) is 4.79 Å². The first-order valence-corrected chi connectivity index (χ1v) is 9.07. The molecule has 24 heavy (non-hydrogen) atoms. The Morgan fingerprint density at radius 2 is 2.04 bits per heavy atom. The van der Waals surface area contributed by atoms with Gasteiger partial charge in [-0.25, -0.2) is 4.79 Å². The van der Waals surface area contributed by atoms with Gasteiger partial charge in [-0.15, -0.1) is 10.2 Å². The van der Waals surface area contributed by atoms with Crippen molar-refractivity contribution in [2.24, 2.45) is 11.3 Å². The zero-order valence-corrected chi connectivity index (χ0v) is 15.9. The highest BCUT2D eigenvalue weighted by molar-refractivity contribution is 7.15. The number of urea groups is 1. The molecule has 7 nitrogen and oxygen atoms in total. The van der Waals surface area contributed by atoms with Gasteiger partial charge >= 0.3 is 6.03 Å². The first-order chi connectivity index (χ1) is 11.2. The minimum absolute atomic E-state index is 0.0455. The maximum atomic E-state index is 12.5. The number of carbonyl (C=O) groups is 2. The van der Waals surface area contributed by atoms with Crippen molar-refractivity contribution < 1.29 is 9.59 Å². The number of piperidine rings is 1. The van der Waals surface area contributed by atoms with Crippen LogP contribution in [0.15, 0.2) is 0 Å². The lowest BCUT2D eigenvalue weighted by atomic mass is 9.93. The highest BCUT2D eigenvalue weighted by atomic mass is 32.1. The van der Waals surface area contributed by atoms with E-state index in [1.807, 2.05) is 0 Å². The summed E-state index contributed by atoms with van der Waals surface area (Å²) in [4.78, 5) is 27.8. The van der Waals surface area contributed by atoms with Gasteiger partial charge in [0.25, 0.3) is 0 Å². The summed E-state index contributed by atoms with van der Waals surface area (Å²) in [5.41, 5.74) is 0.136. The molecule has 1 aromatic heterocycles. The smallest absolute Gasteiger partial charge is 0.319 e. The van der Waals surface area contributed by atoms with Crippen LogP contribution in [0.5, 0.6) is 0 Å². The summed E-state index contributed by atoms with van der Waals surface area (Å²) in [5.74, 6) is -0.276. The monoisotopic (exact) mass is 353 g/mol. The minimum Gasteiger partial charge on any atom is -0.331 e. The molecule has 3 amide bonds. The van der Waals surface area contributed by atoms with Crippen molar-refractivity contribution in [3.8, 4) is 0 Å². The van der Waals surface area contributed by atoms with E-state index in [1.165, 1.54) is 11.3 Å². The van der Waals surface area contributed by atoms with E-state index < -0.39 is 0 Å². The van der Waals surface area contributed by atoms with E-state index in [0.717, 1.165) is 24.3 Å². The predicted octanol–water partition coefficient (Wildman–Crippen LogP) is 2.46. The topological polar surface area (TPSA) is 78.4 Å². The van der Waals surface area contributed by atoms with Gasteiger partial charge < -0.3 is 15.1 Å². The molecule has 1 N–H and O–H groups in total. The lowest BCUT2D eigenvalue weighted by Crippen LogP contribution is -2.47. The molecule has 134 valence electrons. The van der Waals surface area contributed by atoms with Gasteiger partial charge in [0.1, 0.15) is 5.01 Å². The molecule has 0 spiro atoms. The maximum Gasteiger partial charge on any atom is 0.319 e. The predicted molar refractivity (Wildman–Crippen MR) is 95.1 cm³/mol. The highest BCUT2D eigenvalue weighted by Gasteiger charge is 2.29. The first kappa shape index (κ1) is 18.6. The molecule has 2 rings (SSSR count). The number of amides is 3. The van der Waals surface area contributed by atoms with Gasteiger partial charge in [-0.2, -0.15) is 0 Å². The minimum atomic E-state index is -0.197. The number of hydrogen-bond donors (Lipinski definition) is 1. The van der Waals surface area contributed by atoms with Crippen LogP contribution in [0.3, 0.4) is 0 Å². The number of carbonyl (C=O) groups excluding carboxylic acids is 2. The molecule has 0 radical (unpaired) electrons. The summed E-state index contributed by atoms with van der Waals surface area (Å²) < 4.78 is 0. The van der Waals surface area contributed by atoms with E-state index in [1.54, 1.807) is 23.9 Å². The number of anilines is 1. The molecule has 0 aromatic carbocycles. The van der Waals surface area contributed by atoms with Gasteiger partial charge in [-0.1, -0.05) is 32.1 Å². The largest absolute Gasteiger partial charge is 0.331 e. The fourth-order valence-corrected chi connectivity index (χ4v) is 3.73. The van der Waals surface area contributed by atoms with Crippen LogP contribution in [0.2, 0.25) is 0 Å². The molecular formula is C16H27N5O2S. The second kappa shape index (κ2) is 7.46. The molecule has 1 atom stereocenters. The molecule has 0 aliphatic carbocycles. The highest BCUT2D eigenvalue weighted by Crippen LogP contribution is 2.26. The Labute approximate surface area is 147 Å². The third-order valence-electron chi connectivity index (χ3n) is 3.82. The van der Waals surface area contributed by atoms with E-state index in [9.17, 15) is 9.59 Å². The van der Waals surface area contributed by atoms with Crippen LogP contribution in [-0.2, 0) is 11.2 Å². The summed E-state index contributed by atoms with van der Waals surface area (Å²) in [7, 11) is 3.45. The van der Waals surface area contributed by atoms with E-state index in [0.29, 0.717) is 18.2 Å². The van der Waals surface area contributed by atoms with Gasteiger partial charge in [-0.05, 0) is 18.3 Å². The van der Waals surface area contributed by atoms with Gasteiger partial charge in [0, 0.05) is 33.6 Å². The van der Waals surface area contributed by atoms with Crippen molar-refractivity contribution in [2.45, 2.75) is 40.0 Å². The number of hydrogen-bond acceptors (Lipinski definition) is 5. The van der Waals surface area contributed by atoms with Crippen LogP contribution < -0.4 is 5.32 Å². The number of nitrogens with one attached hydrogen (secondary N) is 1. The third-order valence-corrected chi connectivity index (χ3v) is 4.66. The lowest BCUT2D eigenvalue weighted by molar-refractivity contribution is -0.121. The Hall–Kier alpha value is -1.70. The van der Waals surface area contributed by atoms with Crippen molar-refractivity contribution in [3.05, 3.63) is 5.01 Å². The third kappa shape index (κ3) is 5.15. The van der Waals surface area contributed by atoms with Gasteiger partial charge in [0.15, 0.2) is 0 Å². The van der Waals surface area contributed by atoms with Crippen LogP contribution in [-0.4, -0.2) is 59.1 Å². The molecule has 1 aliphatic heterocycles. The molecule has 1 saturated heterocycles. The Balaban J connectivity index is 1.93. The van der Waals surface area contributed by atoms with E-state index in [2.05, 4.69) is 36.3 Å². The Morgan fingerprint density at radius 1 is 1.33 bits per heavy atom. The lowest BCUT2D eigenvalue weighted by Gasteiger charge is -2.33. The van der Waals surface area contributed by atoms with Crippen LogP contribution in [0.4, 0.5) is 9.93 Å². The van der Waals surface area contributed by atoms with Crippen molar-refractivity contribution in [3.63, 3.8) is 0 Å². The Morgan fingerprint density at radius 3 is 2.67 bits per heavy atom. The quantitative estimate of drug-likeness (QED) is 0.905. The standard InChI is InChI=1S/C16H27N5O2S/c1-16(2,3)9-12-18-19-14(24-12)17-13(22)11-7-6-8-21(10-11)15(23)20(4)5/h11H,6-10H2,1-5H3,(H,17,19,22). The second-order valence-corrected chi connectivity index (χ2v) is 8.75. The average Bonchev–Trinajstić information content (AvgIpc) is 2.91. The van der Waals surface area contributed by atoms with Gasteiger partial charge in [0.2, 0.25) is 11.0 Å². The first-order valence-electron chi connectivity index (χ1n) is 8.25. The zero-order chi connectivity index (χ0) is 17.9. The van der Waals surface area contributed by atoms with E-state index in [-0.39, 0.29) is 23.3 Å². The van der Waals surface area contributed by atoms with E-state index >= 15 is 0 Å². The molecule has 1 aromatic rings. The molecule has 1 unspecified atom stereocenters. The van der Waals surface area contributed by atoms with Crippen LogP contribution in [0.25, 0.3) is 0 Å². The summed E-state index contributed by atoms with van der Waals surface area (Å²) in [6.07, 6.45) is 2.45. The Kier molecular flexibility index (Phi) is 5.79. The molecule has 1 aliphatic rings. The molecule has 1 fully saturated rings. The maximum absolute atomic E-state index is 12.5. The molecule has 2 heterocycles. The van der Waals surface area contributed by atoms with Crippen LogP contribution >= 0.6 is 11.3 Å². The summed E-state index contributed by atoms with van der Waals surface area (Å²) in [6, 6.07) is -0.0455. The van der Waals surface area contributed by atoms with E-state index in [4.69, 9.17) is 0 Å². The number of aromatic nitrogens is 2. The molecule has 0 bridgehead atoms. The number of likely N-dealkylation sites (tertiary alicyclic amines) is 1. The van der Waals surface area contributed by atoms with Gasteiger partial charge in [0.05, 0.1) is 5.92 Å². The fraction of sp³-hybridized carbons (Fsp3) is 0.750. The van der Waals surface area contributed by atoms with Crippen molar-refractivity contribution >= 4 is 28.4 Å². The summed E-state index contributed by atoms with van der Waals surface area (Å²) in [6.45, 7) is 7.59. The second-order valence-electron chi connectivity index (χ2n) is 7.69. The van der Waals surface area contributed by atoms with Crippen molar-refractivity contribution in [1.82, 2.24) is 20.0 Å². The van der Waals surface area contributed by atoms with Crippen molar-refractivity contribution in [1.29, 1.82) is 0 Å². The molecule has 0 saturated carbocycles. The van der Waals surface area contributed by atoms with Crippen LogP contribution in [0.1, 0.15) is 38.6 Å². The average molecular weight is 353 g/mol. The summed E-state index contributed by atoms with van der Waals surface area (Å²) in [5, 5.41) is 12.5. The Bertz CT molecular complexity index is 594. The molecule has 8 heteroatoms. The normalized spacial score (nSPS) is 18.4. The zero-order valence-electron chi connectivity index (χ0n) is 15.1. The SMILES string of the molecule is CN(C)C(=O)N1CCCC(C(=O)Nc2nnc(CC(C)(C)C)s2)C1. The number of nitrogens with zero attached hydrogens (tertiary/aromatic N) is 4. The van der Waals surface area contributed by atoms with Crippen molar-refractivity contribution in [2.75, 3.05) is 32.5 Å². The van der Waals surface area contributed by atoms with Crippen LogP contribution in [0, 0.1) is 11.3 Å². The molecular weight excluding hydrogens is 326 g/mol. The summed E-state index contributed by atoms with van der Waals surface area (Å²) >= 11 is 1.42. The number of rotatable bonds is 3. The fourth-order valence-electron chi connectivity index (χ4n) is 2.68.